The van der Waals surface area contributed by atoms with Crippen LogP contribution >= 0.6 is 0 Å². The number of aliphatic hydroxyl groups excluding tert-OH is 1. The zero-order valence-electron chi connectivity index (χ0n) is 24.7. The van der Waals surface area contributed by atoms with Gasteiger partial charge in [0.2, 0.25) is 0 Å². The second-order valence-corrected chi connectivity index (χ2v) is 11.5. The summed E-state index contributed by atoms with van der Waals surface area (Å²) >= 11 is 0. The number of ether oxygens (including phenoxy) is 4. The summed E-state index contributed by atoms with van der Waals surface area (Å²) in [6.45, 7) is 7.79. The van der Waals surface area contributed by atoms with E-state index in [1.54, 1.807) is 14.0 Å². The second kappa shape index (κ2) is 15.4. The van der Waals surface area contributed by atoms with Crippen molar-refractivity contribution in [2.24, 2.45) is 11.8 Å². The molecule has 3 unspecified atom stereocenters. The molecule has 6 atom stereocenters. The quantitative estimate of drug-likeness (QED) is 0.312. The molecule has 0 spiro atoms. The number of hydrogen-bond donors (Lipinski definition) is 1. The topological polar surface area (TPSA) is 112 Å². The molecule has 0 aromatic heterocycles. The van der Waals surface area contributed by atoms with Gasteiger partial charge in [-0.3, -0.25) is 14.4 Å². The van der Waals surface area contributed by atoms with E-state index in [0.717, 1.165) is 43.4 Å². The molecule has 9 nitrogen and oxygen atoms in total. The Morgan fingerprint density at radius 1 is 1.05 bits per heavy atom. The number of rotatable bonds is 11. The average molecular weight is 562 g/mol. The molecular formula is C31H47NO8. The third-order valence-corrected chi connectivity index (χ3v) is 7.92. The van der Waals surface area contributed by atoms with Gasteiger partial charge in [-0.25, -0.2) is 0 Å². The standard InChI is InChI=1S/C31H47NO8/c1-6-7-8-9-10-11-26-21(4)31(36)40-29(20(2)3)30(35)32-18-23(33)16-25(32)27(17-28(34)39-26)38-19-22-12-14-24(37-5)15-13-22/h12-15,20-21,23,25-27,29,33H,6-11,16-19H2,1-5H3/t21-,23+,25-,26?,27?,29?/m0/s1. The van der Waals surface area contributed by atoms with Crippen molar-refractivity contribution in [3.05, 3.63) is 29.8 Å². The number of unbranched alkanes of at least 4 members (excludes halogenated alkanes) is 4. The van der Waals surface area contributed by atoms with Crippen LogP contribution in [-0.2, 0) is 35.2 Å². The van der Waals surface area contributed by atoms with Crippen molar-refractivity contribution < 1.29 is 38.4 Å². The van der Waals surface area contributed by atoms with Gasteiger partial charge in [0.1, 0.15) is 11.9 Å². The molecule has 1 N–H and O–H groups in total. The molecule has 9 heteroatoms. The molecule has 2 fully saturated rings. The Morgan fingerprint density at radius 2 is 1.75 bits per heavy atom. The first-order chi connectivity index (χ1) is 19.1. The van der Waals surface area contributed by atoms with Crippen LogP contribution in [0.25, 0.3) is 0 Å². The molecule has 1 aromatic carbocycles. The number of amides is 1. The third-order valence-electron chi connectivity index (χ3n) is 7.92. The van der Waals surface area contributed by atoms with Gasteiger partial charge in [-0.1, -0.05) is 58.6 Å². The lowest BCUT2D eigenvalue weighted by Gasteiger charge is -2.36. The number of hydrogen-bond acceptors (Lipinski definition) is 8. The summed E-state index contributed by atoms with van der Waals surface area (Å²) in [5.74, 6) is -1.70. The zero-order valence-corrected chi connectivity index (χ0v) is 24.7. The van der Waals surface area contributed by atoms with Crippen LogP contribution in [0.2, 0.25) is 0 Å². The fourth-order valence-corrected chi connectivity index (χ4v) is 5.44. The number of carbonyl (C=O) groups excluding carboxylic acids is 3. The van der Waals surface area contributed by atoms with E-state index in [0.29, 0.717) is 6.42 Å². The van der Waals surface area contributed by atoms with Crippen molar-refractivity contribution in [3.8, 4) is 5.75 Å². The van der Waals surface area contributed by atoms with E-state index in [4.69, 9.17) is 18.9 Å². The van der Waals surface area contributed by atoms with E-state index in [2.05, 4.69) is 6.92 Å². The molecule has 224 valence electrons. The molecule has 0 bridgehead atoms. The molecule has 1 aromatic rings. The monoisotopic (exact) mass is 561 g/mol. The van der Waals surface area contributed by atoms with Gasteiger partial charge in [0.05, 0.1) is 44.3 Å². The molecule has 0 saturated carbocycles. The Bertz CT molecular complexity index is 965. The molecule has 40 heavy (non-hydrogen) atoms. The lowest BCUT2D eigenvalue weighted by Crippen LogP contribution is -2.52. The van der Waals surface area contributed by atoms with E-state index < -0.39 is 48.3 Å². The third kappa shape index (κ3) is 8.67. The minimum atomic E-state index is -1.01. The molecule has 0 aliphatic carbocycles. The lowest BCUT2D eigenvalue weighted by molar-refractivity contribution is -0.177. The predicted octanol–water partition coefficient (Wildman–Crippen LogP) is 4.42. The molecule has 0 radical (unpaired) electrons. The van der Waals surface area contributed by atoms with Gasteiger partial charge >= 0.3 is 11.9 Å². The Hall–Kier alpha value is -2.65. The molecule has 2 aliphatic heterocycles. The summed E-state index contributed by atoms with van der Waals surface area (Å²) < 4.78 is 23.2. The molecule has 2 heterocycles. The van der Waals surface area contributed by atoms with E-state index >= 15 is 0 Å². The normalized spacial score (nSPS) is 28.0. The van der Waals surface area contributed by atoms with Gasteiger partial charge in [0.15, 0.2) is 6.10 Å². The van der Waals surface area contributed by atoms with Gasteiger partial charge in [-0.15, -0.1) is 0 Å². The van der Waals surface area contributed by atoms with E-state index in [9.17, 15) is 19.5 Å². The van der Waals surface area contributed by atoms with Crippen LogP contribution in [0.4, 0.5) is 0 Å². The largest absolute Gasteiger partial charge is 0.497 e. The summed E-state index contributed by atoms with van der Waals surface area (Å²) in [7, 11) is 1.60. The van der Waals surface area contributed by atoms with Gasteiger partial charge in [-0.05, 0) is 49.8 Å². The van der Waals surface area contributed by atoms with E-state index in [1.165, 1.54) is 4.90 Å². The Labute approximate surface area is 238 Å². The van der Waals surface area contributed by atoms with Crippen LogP contribution < -0.4 is 4.74 Å². The summed E-state index contributed by atoms with van der Waals surface area (Å²) in [5, 5.41) is 10.6. The Morgan fingerprint density at radius 3 is 2.40 bits per heavy atom. The number of cyclic esters (lactones) is 2. The highest BCUT2D eigenvalue weighted by molar-refractivity contribution is 5.85. The average Bonchev–Trinajstić information content (AvgIpc) is 3.33. The highest BCUT2D eigenvalue weighted by Gasteiger charge is 2.45. The maximum absolute atomic E-state index is 13.8. The first-order valence-corrected chi connectivity index (χ1v) is 14.8. The van der Waals surface area contributed by atoms with Gasteiger partial charge in [0, 0.05) is 6.54 Å². The highest BCUT2D eigenvalue weighted by atomic mass is 16.6. The van der Waals surface area contributed by atoms with Crippen LogP contribution in [0.15, 0.2) is 24.3 Å². The summed E-state index contributed by atoms with van der Waals surface area (Å²) in [5.41, 5.74) is 0.879. The maximum atomic E-state index is 13.8. The first-order valence-electron chi connectivity index (χ1n) is 14.8. The SMILES string of the molecule is CCCCCCCC1OC(=O)CC(OCc2ccc(OC)cc2)[C@@H]2C[C@@H](O)CN2C(=O)C(C(C)C)OC(=O)[C@H]1C. The number of carbonyl (C=O) groups is 3. The first kappa shape index (κ1) is 31.9. The van der Waals surface area contributed by atoms with Gasteiger partial charge in [-0.2, -0.15) is 0 Å². The van der Waals surface area contributed by atoms with Crippen LogP contribution in [0.3, 0.4) is 0 Å². The number of fused-ring (bicyclic) bond motifs is 1. The van der Waals surface area contributed by atoms with Crippen molar-refractivity contribution in [2.75, 3.05) is 13.7 Å². The summed E-state index contributed by atoms with van der Waals surface area (Å²) in [6.07, 6.45) is 2.69. The minimum absolute atomic E-state index is 0.0810. The fourth-order valence-electron chi connectivity index (χ4n) is 5.44. The van der Waals surface area contributed by atoms with E-state index in [1.807, 2.05) is 38.1 Å². The number of aliphatic hydroxyl groups is 1. The number of esters is 2. The Kier molecular flexibility index (Phi) is 12.3. The predicted molar refractivity (Wildman–Crippen MR) is 149 cm³/mol. The van der Waals surface area contributed by atoms with Crippen molar-refractivity contribution >= 4 is 17.8 Å². The van der Waals surface area contributed by atoms with Crippen molar-refractivity contribution in [2.45, 2.75) is 116 Å². The van der Waals surface area contributed by atoms with Crippen LogP contribution in [0, 0.1) is 11.8 Å². The molecule has 1 amide bonds. The zero-order chi connectivity index (χ0) is 29.2. The molecule has 3 rings (SSSR count). The fraction of sp³-hybridized carbons (Fsp3) is 0.710. The smallest absolute Gasteiger partial charge is 0.313 e. The van der Waals surface area contributed by atoms with Crippen LogP contribution in [-0.4, -0.2) is 72.0 Å². The summed E-state index contributed by atoms with van der Waals surface area (Å²) in [4.78, 5) is 41.8. The summed E-state index contributed by atoms with van der Waals surface area (Å²) in [6, 6.07) is 6.85. The molecule has 2 saturated heterocycles. The maximum Gasteiger partial charge on any atom is 0.313 e. The number of methoxy groups -OCH3 is 1. The second-order valence-electron chi connectivity index (χ2n) is 11.5. The molecular weight excluding hydrogens is 514 g/mol. The minimum Gasteiger partial charge on any atom is -0.497 e. The van der Waals surface area contributed by atoms with Crippen molar-refractivity contribution in [3.63, 3.8) is 0 Å². The Balaban J connectivity index is 1.87. The number of benzene rings is 1. The molecule has 2 aliphatic rings. The van der Waals surface area contributed by atoms with Crippen LogP contribution in [0.1, 0.15) is 84.6 Å². The van der Waals surface area contributed by atoms with Crippen molar-refractivity contribution in [1.29, 1.82) is 0 Å². The van der Waals surface area contributed by atoms with E-state index in [-0.39, 0.29) is 37.8 Å². The lowest BCUT2D eigenvalue weighted by atomic mass is 9.97. The van der Waals surface area contributed by atoms with Gasteiger partial charge in [0.25, 0.3) is 5.91 Å². The number of nitrogens with zero attached hydrogens (tertiary/aromatic N) is 1. The highest BCUT2D eigenvalue weighted by Crippen LogP contribution is 2.30. The van der Waals surface area contributed by atoms with Crippen molar-refractivity contribution in [1.82, 2.24) is 4.90 Å². The van der Waals surface area contributed by atoms with Crippen LogP contribution in [0.5, 0.6) is 5.75 Å². The van der Waals surface area contributed by atoms with Gasteiger partial charge < -0.3 is 29.0 Å².